The molecule has 1 unspecified atom stereocenters. The van der Waals surface area contributed by atoms with Crippen molar-refractivity contribution >= 4 is 59.2 Å². The van der Waals surface area contributed by atoms with Gasteiger partial charge in [0, 0.05) is 84.2 Å². The summed E-state index contributed by atoms with van der Waals surface area (Å²) in [5.74, 6) is 1.55. The molecule has 0 spiro atoms. The number of halogens is 1. The minimum absolute atomic E-state index is 0.136. The summed E-state index contributed by atoms with van der Waals surface area (Å²) < 4.78 is 18.8. The first-order valence-electron chi connectivity index (χ1n) is 19.2. The van der Waals surface area contributed by atoms with E-state index in [1.54, 1.807) is 43.3 Å². The van der Waals surface area contributed by atoms with Crippen LogP contribution >= 0.6 is 30.5 Å². The summed E-state index contributed by atoms with van der Waals surface area (Å²) in [6.07, 6.45) is 6.30. The van der Waals surface area contributed by atoms with Crippen LogP contribution in [0.2, 0.25) is 5.02 Å². The average molecular weight is 815 g/mol. The lowest BCUT2D eigenvalue weighted by atomic mass is 10.0. The van der Waals surface area contributed by atoms with Crippen LogP contribution in [-0.2, 0) is 33.5 Å². The number of aromatic nitrogens is 2. The number of rotatable bonds is 14. The van der Waals surface area contributed by atoms with Crippen LogP contribution in [0, 0.1) is 0 Å². The van der Waals surface area contributed by atoms with Crippen molar-refractivity contribution in [3.05, 3.63) is 106 Å². The highest BCUT2D eigenvalue weighted by atomic mass is 35.5. The number of hydrogen-bond donors (Lipinski definition) is 2. The zero-order valence-electron chi connectivity index (χ0n) is 32.1. The number of carbonyl (C=O) groups is 3. The van der Waals surface area contributed by atoms with Gasteiger partial charge in [-0.05, 0) is 80.6 Å². The van der Waals surface area contributed by atoms with Gasteiger partial charge in [0.1, 0.15) is 24.8 Å². The van der Waals surface area contributed by atoms with Gasteiger partial charge >= 0.3 is 0 Å². The summed E-state index contributed by atoms with van der Waals surface area (Å²) in [5.41, 5.74) is 5.42. The van der Waals surface area contributed by atoms with Crippen molar-refractivity contribution < 1.29 is 23.7 Å². The van der Waals surface area contributed by atoms with E-state index in [1.807, 2.05) is 36.4 Å². The number of hydrogen-bond acceptors (Lipinski definition) is 10. The fourth-order valence-electron chi connectivity index (χ4n) is 7.86. The maximum absolute atomic E-state index is 13.2. The molecule has 56 heavy (non-hydrogen) atoms. The lowest BCUT2D eigenvalue weighted by Gasteiger charge is -2.34. The first-order valence-corrected chi connectivity index (χ1v) is 23.1. The largest absolute Gasteiger partial charge is 0.496 e. The zero-order valence-corrected chi connectivity index (χ0v) is 34.5. The number of carbonyl (C=O) groups excluding carboxylic acids is 3. The van der Waals surface area contributed by atoms with Gasteiger partial charge in [0.15, 0.2) is 0 Å². The van der Waals surface area contributed by atoms with E-state index in [0.29, 0.717) is 54.0 Å². The Kier molecular flexibility index (Phi) is 12.5. The van der Waals surface area contributed by atoms with E-state index in [0.717, 1.165) is 83.0 Å². The van der Waals surface area contributed by atoms with E-state index in [4.69, 9.17) is 21.3 Å². The van der Waals surface area contributed by atoms with Crippen LogP contribution in [0.15, 0.2) is 71.8 Å². The summed E-state index contributed by atoms with van der Waals surface area (Å²) in [4.78, 5) is 51.7. The maximum Gasteiger partial charge on any atom is 0.255 e. The number of benzene rings is 3. The van der Waals surface area contributed by atoms with Gasteiger partial charge in [-0.15, -0.1) is 11.8 Å². The number of amides is 3. The van der Waals surface area contributed by atoms with Crippen molar-refractivity contribution in [2.75, 3.05) is 50.7 Å². The molecule has 0 radical (unpaired) electrons. The molecule has 0 saturated carbocycles. The maximum atomic E-state index is 13.2. The second-order valence-corrected chi connectivity index (χ2v) is 19.7. The molecule has 14 heteroatoms. The van der Waals surface area contributed by atoms with Crippen molar-refractivity contribution in [3.8, 4) is 5.75 Å². The number of nitrogens with one attached hydrogen (secondary N) is 2. The Morgan fingerprint density at radius 3 is 2.57 bits per heavy atom. The minimum atomic E-state index is -2.47. The molecule has 3 aliphatic heterocycles. The Morgan fingerprint density at radius 2 is 1.80 bits per heavy atom. The summed E-state index contributed by atoms with van der Waals surface area (Å²) in [5, 5.41) is 7.46. The van der Waals surface area contributed by atoms with Crippen molar-refractivity contribution in [2.45, 2.75) is 68.5 Å². The third kappa shape index (κ3) is 9.15. The van der Waals surface area contributed by atoms with Crippen LogP contribution in [0.5, 0.6) is 5.75 Å². The lowest BCUT2D eigenvalue weighted by molar-refractivity contribution is -0.136. The molecule has 7 rings (SSSR count). The SMILES string of the molecule is COc1cc(N2CCC(NCCCSc3cccc4c3CN(C3CCC(=O)NC3=O)C4=O)CC2)ccc1Cc1ncc(Cl)c(Cc2ccccc2P(C)(C)=O)n1. The van der Waals surface area contributed by atoms with Crippen LogP contribution in [0.4, 0.5) is 5.69 Å². The van der Waals surface area contributed by atoms with E-state index in [9.17, 15) is 18.9 Å². The molecule has 1 atom stereocenters. The Morgan fingerprint density at radius 1 is 1.00 bits per heavy atom. The van der Waals surface area contributed by atoms with E-state index < -0.39 is 13.2 Å². The van der Waals surface area contributed by atoms with Crippen LogP contribution in [0.3, 0.4) is 0 Å². The molecule has 2 saturated heterocycles. The predicted molar refractivity (Wildman–Crippen MR) is 222 cm³/mol. The van der Waals surface area contributed by atoms with Gasteiger partial charge in [-0.2, -0.15) is 0 Å². The average Bonchev–Trinajstić information content (AvgIpc) is 3.52. The molecule has 1 aromatic heterocycles. The minimum Gasteiger partial charge on any atom is -0.496 e. The number of anilines is 1. The standard InChI is InChI=1S/C42H48ClN6O5PS/c1-54-36-24-30(13-12-27(36)23-39-45-25-33(43)34(46-39)22-28-8-4-5-10-37(28)55(2,3)53)48-19-16-29(17-20-48)44-18-7-21-56-38-11-6-9-31-32(38)26-49(42(31)52)35-14-15-40(50)47-41(35)51/h4-6,8-13,24-25,29,35,44H,7,14-23,26H2,1-3H3,(H,47,50,51). The highest BCUT2D eigenvalue weighted by Gasteiger charge is 2.39. The third-order valence-corrected chi connectivity index (χ3v) is 13.9. The second kappa shape index (κ2) is 17.5. The summed E-state index contributed by atoms with van der Waals surface area (Å²) in [7, 11) is -0.778. The zero-order chi connectivity index (χ0) is 39.4. The molecule has 0 aliphatic carbocycles. The molecule has 294 valence electrons. The van der Waals surface area contributed by atoms with Gasteiger partial charge in [-0.25, -0.2) is 9.97 Å². The molecule has 3 aromatic carbocycles. The van der Waals surface area contributed by atoms with Gasteiger partial charge in [0.2, 0.25) is 11.8 Å². The highest BCUT2D eigenvalue weighted by molar-refractivity contribution is 7.99. The second-order valence-electron chi connectivity index (χ2n) is 15.0. The Hall–Kier alpha value is -4.22. The fraction of sp³-hybridized carbons (Fsp3) is 0.405. The van der Waals surface area contributed by atoms with E-state index >= 15 is 0 Å². The van der Waals surface area contributed by atoms with Crippen LogP contribution < -0.4 is 25.6 Å². The number of thioether (sulfide) groups is 1. The van der Waals surface area contributed by atoms with Gasteiger partial charge in [0.05, 0.1) is 17.8 Å². The molecule has 11 nitrogen and oxygen atoms in total. The van der Waals surface area contributed by atoms with E-state index in [1.165, 1.54) is 0 Å². The normalized spacial score (nSPS) is 17.6. The topological polar surface area (TPSA) is 134 Å². The molecule has 3 amide bonds. The molecule has 2 N–H and O–H groups in total. The van der Waals surface area contributed by atoms with Crippen LogP contribution in [0.1, 0.15) is 70.7 Å². The molecular formula is C42H48ClN6O5PS. The molecule has 4 aromatic rings. The van der Waals surface area contributed by atoms with E-state index in [-0.39, 0.29) is 24.1 Å². The van der Waals surface area contributed by atoms with Crippen LogP contribution in [-0.4, -0.2) is 90.5 Å². The van der Waals surface area contributed by atoms with Crippen molar-refractivity contribution in [2.24, 2.45) is 0 Å². The lowest BCUT2D eigenvalue weighted by Crippen LogP contribution is -2.52. The summed E-state index contributed by atoms with van der Waals surface area (Å²) in [6.45, 7) is 6.75. The van der Waals surface area contributed by atoms with E-state index in [2.05, 4.69) is 44.8 Å². The fourth-order valence-corrected chi connectivity index (χ4v) is 10.3. The summed E-state index contributed by atoms with van der Waals surface area (Å²) in [6, 6.07) is 19.8. The Balaban J connectivity index is 0.878. The van der Waals surface area contributed by atoms with Gasteiger partial charge in [-0.3, -0.25) is 19.7 Å². The molecule has 3 aliphatic rings. The third-order valence-electron chi connectivity index (χ3n) is 10.8. The van der Waals surface area contributed by atoms with Gasteiger partial charge in [0.25, 0.3) is 5.91 Å². The molecule has 2 fully saturated rings. The summed E-state index contributed by atoms with van der Waals surface area (Å²) >= 11 is 8.30. The van der Waals surface area contributed by atoms with Gasteiger partial charge < -0.3 is 24.4 Å². The molecule has 4 heterocycles. The quantitative estimate of drug-likeness (QED) is 0.0669. The number of piperidine rings is 2. The first kappa shape index (κ1) is 40.0. The number of nitrogens with zero attached hydrogens (tertiary/aromatic N) is 4. The van der Waals surface area contributed by atoms with Crippen molar-refractivity contribution in [1.82, 2.24) is 25.5 Å². The van der Waals surface area contributed by atoms with Crippen molar-refractivity contribution in [3.63, 3.8) is 0 Å². The number of imide groups is 1. The number of methoxy groups -OCH3 is 1. The highest BCUT2D eigenvalue weighted by Crippen LogP contribution is 2.37. The molecular weight excluding hydrogens is 767 g/mol. The van der Waals surface area contributed by atoms with Crippen molar-refractivity contribution in [1.29, 1.82) is 0 Å². The Bertz CT molecular complexity index is 2170. The van der Waals surface area contributed by atoms with Gasteiger partial charge in [-0.1, -0.05) is 48.0 Å². The molecule has 0 bridgehead atoms. The smallest absolute Gasteiger partial charge is 0.255 e. The number of ether oxygens (including phenoxy) is 1. The first-order chi connectivity index (χ1) is 27.0. The number of fused-ring (bicyclic) bond motifs is 1. The predicted octanol–water partition coefficient (Wildman–Crippen LogP) is 6.07. The van der Waals surface area contributed by atoms with Crippen LogP contribution in [0.25, 0.3) is 0 Å². The Labute approximate surface area is 337 Å². The monoisotopic (exact) mass is 814 g/mol.